The van der Waals surface area contributed by atoms with Gasteiger partial charge in [0.25, 0.3) is 5.91 Å². The number of carbonyl (C=O) groups excluding carboxylic acids is 1. The predicted octanol–water partition coefficient (Wildman–Crippen LogP) is 2.54. The van der Waals surface area contributed by atoms with Crippen LogP contribution in [-0.2, 0) is 0 Å². The van der Waals surface area contributed by atoms with Gasteiger partial charge < -0.3 is 20.9 Å². The second kappa shape index (κ2) is 5.52. The number of hydrogen-bond donors (Lipinski definition) is 3. The number of nitrogens with two attached hydrogens (primary N) is 1. The first-order valence-corrected chi connectivity index (χ1v) is 6.05. The molecule has 2 aromatic rings. The molecule has 5 heteroatoms. The van der Waals surface area contributed by atoms with E-state index in [-0.39, 0.29) is 11.7 Å². The van der Waals surface area contributed by atoms with Crippen molar-refractivity contribution in [3.63, 3.8) is 0 Å². The van der Waals surface area contributed by atoms with Gasteiger partial charge in [-0.3, -0.25) is 4.79 Å². The summed E-state index contributed by atoms with van der Waals surface area (Å²) in [6.07, 6.45) is 0. The summed E-state index contributed by atoms with van der Waals surface area (Å²) in [6, 6.07) is 9.77. The van der Waals surface area contributed by atoms with Crippen LogP contribution in [0, 0.1) is 6.92 Å². The van der Waals surface area contributed by atoms with E-state index >= 15 is 0 Å². The number of anilines is 2. The largest absolute Gasteiger partial charge is 0.508 e. The third-order valence-corrected chi connectivity index (χ3v) is 2.94. The molecule has 2 aromatic carbocycles. The van der Waals surface area contributed by atoms with E-state index in [1.807, 2.05) is 0 Å². The summed E-state index contributed by atoms with van der Waals surface area (Å²) in [5.41, 5.74) is 7.74. The summed E-state index contributed by atoms with van der Waals surface area (Å²) in [5, 5.41) is 12.3. The van der Waals surface area contributed by atoms with Crippen molar-refractivity contribution >= 4 is 17.3 Å². The van der Waals surface area contributed by atoms with Crippen LogP contribution in [0.3, 0.4) is 0 Å². The van der Waals surface area contributed by atoms with Crippen molar-refractivity contribution in [1.29, 1.82) is 0 Å². The maximum absolute atomic E-state index is 12.2. The number of rotatable bonds is 3. The lowest BCUT2D eigenvalue weighted by Crippen LogP contribution is -2.13. The predicted molar refractivity (Wildman–Crippen MR) is 78.2 cm³/mol. The van der Waals surface area contributed by atoms with Crippen LogP contribution >= 0.6 is 0 Å². The first-order chi connectivity index (χ1) is 9.51. The molecule has 0 atom stereocenters. The molecule has 0 heterocycles. The number of benzene rings is 2. The molecule has 0 aromatic heterocycles. The molecule has 0 bridgehead atoms. The second-order valence-corrected chi connectivity index (χ2v) is 4.42. The van der Waals surface area contributed by atoms with Gasteiger partial charge in [0.1, 0.15) is 11.5 Å². The molecule has 0 unspecified atom stereocenters. The van der Waals surface area contributed by atoms with Crippen molar-refractivity contribution in [3.8, 4) is 11.5 Å². The molecule has 2 rings (SSSR count). The van der Waals surface area contributed by atoms with Crippen molar-refractivity contribution in [2.75, 3.05) is 18.2 Å². The number of phenols is 1. The average molecular weight is 272 g/mol. The van der Waals surface area contributed by atoms with Crippen molar-refractivity contribution in [2.45, 2.75) is 6.92 Å². The number of methoxy groups -OCH3 is 1. The summed E-state index contributed by atoms with van der Waals surface area (Å²) in [4.78, 5) is 12.2. The van der Waals surface area contributed by atoms with Crippen LogP contribution in [0.5, 0.6) is 11.5 Å². The Morgan fingerprint density at radius 3 is 2.65 bits per heavy atom. The molecule has 0 fully saturated rings. The summed E-state index contributed by atoms with van der Waals surface area (Å²) in [7, 11) is 1.49. The van der Waals surface area contributed by atoms with Crippen LogP contribution < -0.4 is 15.8 Å². The Balaban J connectivity index is 2.27. The number of carbonyl (C=O) groups is 1. The zero-order valence-corrected chi connectivity index (χ0v) is 11.3. The molecular formula is C15H16N2O3. The van der Waals surface area contributed by atoms with Crippen LogP contribution in [-0.4, -0.2) is 18.1 Å². The van der Waals surface area contributed by atoms with Crippen LogP contribution in [0.25, 0.3) is 0 Å². The molecular weight excluding hydrogens is 256 g/mol. The Bertz CT molecular complexity index is 654. The van der Waals surface area contributed by atoms with Gasteiger partial charge in [0.2, 0.25) is 0 Å². The average Bonchev–Trinajstić information content (AvgIpc) is 2.43. The Labute approximate surface area is 117 Å². The summed E-state index contributed by atoms with van der Waals surface area (Å²) in [5.74, 6) is 0.216. The molecule has 0 aliphatic heterocycles. The molecule has 1 amide bonds. The Kier molecular flexibility index (Phi) is 3.79. The van der Waals surface area contributed by atoms with E-state index in [1.54, 1.807) is 37.3 Å². The summed E-state index contributed by atoms with van der Waals surface area (Å²) in [6.45, 7) is 1.78. The number of aryl methyl sites for hydroxylation is 1. The van der Waals surface area contributed by atoms with E-state index in [0.717, 1.165) is 5.56 Å². The van der Waals surface area contributed by atoms with Gasteiger partial charge in [-0.25, -0.2) is 0 Å². The maximum atomic E-state index is 12.2. The summed E-state index contributed by atoms with van der Waals surface area (Å²) >= 11 is 0. The number of nitrogen functional groups attached to an aromatic ring is 1. The lowest BCUT2D eigenvalue weighted by atomic mass is 10.1. The summed E-state index contributed by atoms with van der Waals surface area (Å²) < 4.78 is 5.14. The van der Waals surface area contributed by atoms with Gasteiger partial charge in [0.05, 0.1) is 12.7 Å². The van der Waals surface area contributed by atoms with Gasteiger partial charge in [-0.05, 0) is 36.8 Å². The number of nitrogens with one attached hydrogen (secondary N) is 1. The molecule has 0 aliphatic rings. The van der Waals surface area contributed by atoms with Crippen LogP contribution in [0.1, 0.15) is 15.9 Å². The van der Waals surface area contributed by atoms with Gasteiger partial charge in [0.15, 0.2) is 0 Å². The smallest absolute Gasteiger partial charge is 0.259 e. The normalized spacial score (nSPS) is 10.1. The van der Waals surface area contributed by atoms with Crippen molar-refractivity contribution in [3.05, 3.63) is 47.5 Å². The first-order valence-electron chi connectivity index (χ1n) is 6.05. The molecule has 0 saturated heterocycles. The van der Waals surface area contributed by atoms with Crippen molar-refractivity contribution < 1.29 is 14.6 Å². The monoisotopic (exact) mass is 272 g/mol. The van der Waals surface area contributed by atoms with Gasteiger partial charge in [-0.15, -0.1) is 0 Å². The number of aromatic hydroxyl groups is 1. The molecule has 5 nitrogen and oxygen atoms in total. The molecule has 4 N–H and O–H groups in total. The highest BCUT2D eigenvalue weighted by Crippen LogP contribution is 2.24. The SMILES string of the molecule is COc1ccc(N)cc1C(=O)Nc1ccc(C)c(O)c1. The van der Waals surface area contributed by atoms with Gasteiger partial charge in [-0.2, -0.15) is 0 Å². The first kappa shape index (κ1) is 13.7. The maximum Gasteiger partial charge on any atom is 0.259 e. The number of hydrogen-bond acceptors (Lipinski definition) is 4. The molecule has 104 valence electrons. The Hall–Kier alpha value is -2.69. The van der Waals surface area contributed by atoms with E-state index < -0.39 is 0 Å². The highest BCUT2D eigenvalue weighted by molar-refractivity contribution is 6.06. The number of ether oxygens (including phenoxy) is 1. The minimum Gasteiger partial charge on any atom is -0.508 e. The second-order valence-electron chi connectivity index (χ2n) is 4.42. The quantitative estimate of drug-likeness (QED) is 0.750. The number of phenolic OH excluding ortho intramolecular Hbond substituents is 1. The van der Waals surface area contributed by atoms with E-state index in [4.69, 9.17) is 10.5 Å². The van der Waals surface area contributed by atoms with E-state index in [9.17, 15) is 9.90 Å². The van der Waals surface area contributed by atoms with Crippen LogP contribution in [0.2, 0.25) is 0 Å². The standard InChI is InChI=1S/C15H16N2O3/c1-9-3-5-11(8-13(9)18)17-15(19)12-7-10(16)4-6-14(12)20-2/h3-8,18H,16H2,1-2H3,(H,17,19). The van der Waals surface area contributed by atoms with Crippen molar-refractivity contribution in [2.24, 2.45) is 0 Å². The van der Waals surface area contributed by atoms with E-state index in [0.29, 0.717) is 22.7 Å². The van der Waals surface area contributed by atoms with Gasteiger partial charge >= 0.3 is 0 Å². The molecule has 0 aliphatic carbocycles. The topological polar surface area (TPSA) is 84.6 Å². The third kappa shape index (κ3) is 2.83. The minimum absolute atomic E-state index is 0.127. The van der Waals surface area contributed by atoms with E-state index in [2.05, 4.69) is 5.32 Å². The lowest BCUT2D eigenvalue weighted by Gasteiger charge is -2.10. The Morgan fingerprint density at radius 1 is 1.25 bits per heavy atom. The fourth-order valence-corrected chi connectivity index (χ4v) is 1.79. The fraction of sp³-hybridized carbons (Fsp3) is 0.133. The third-order valence-electron chi connectivity index (χ3n) is 2.94. The zero-order valence-electron chi connectivity index (χ0n) is 11.3. The number of amides is 1. The Morgan fingerprint density at radius 2 is 2.00 bits per heavy atom. The zero-order chi connectivity index (χ0) is 14.7. The minimum atomic E-state index is -0.350. The molecule has 0 spiro atoms. The highest BCUT2D eigenvalue weighted by atomic mass is 16.5. The van der Waals surface area contributed by atoms with Crippen LogP contribution in [0.4, 0.5) is 11.4 Å². The molecule has 20 heavy (non-hydrogen) atoms. The van der Waals surface area contributed by atoms with Crippen LogP contribution in [0.15, 0.2) is 36.4 Å². The van der Waals surface area contributed by atoms with Gasteiger partial charge in [-0.1, -0.05) is 6.07 Å². The fourth-order valence-electron chi connectivity index (χ4n) is 1.79. The molecule has 0 saturated carbocycles. The van der Waals surface area contributed by atoms with E-state index in [1.165, 1.54) is 13.2 Å². The highest BCUT2D eigenvalue weighted by Gasteiger charge is 2.13. The van der Waals surface area contributed by atoms with Gasteiger partial charge in [0, 0.05) is 17.4 Å². The van der Waals surface area contributed by atoms with Crippen molar-refractivity contribution in [1.82, 2.24) is 0 Å². The molecule has 0 radical (unpaired) electrons. The lowest BCUT2D eigenvalue weighted by molar-refractivity contribution is 0.102.